The predicted molar refractivity (Wildman–Crippen MR) is 64.9 cm³/mol. The summed E-state index contributed by atoms with van der Waals surface area (Å²) in [5.74, 6) is -0.374. The molecule has 0 aromatic heterocycles. The van der Waals surface area contributed by atoms with Crippen molar-refractivity contribution in [2.45, 2.75) is 20.0 Å². The molecule has 0 saturated carbocycles. The van der Waals surface area contributed by atoms with Crippen LogP contribution in [0.15, 0.2) is 18.2 Å². The second-order valence-corrected chi connectivity index (χ2v) is 4.35. The zero-order chi connectivity index (χ0) is 13.0. The summed E-state index contributed by atoms with van der Waals surface area (Å²) in [6, 6.07) is 4.83. The minimum absolute atomic E-state index is 0.156. The summed E-state index contributed by atoms with van der Waals surface area (Å²) in [5.41, 5.74) is 0. The molecule has 94 valence electrons. The first-order valence-electron chi connectivity index (χ1n) is 5.18. The van der Waals surface area contributed by atoms with Crippen LogP contribution in [0.1, 0.15) is 13.8 Å². The molecule has 0 heterocycles. The lowest BCUT2D eigenvalue weighted by Gasteiger charge is -2.19. The lowest BCUT2D eigenvalue weighted by Crippen LogP contribution is -2.32. The number of carbonyl (C=O) groups is 1. The van der Waals surface area contributed by atoms with E-state index >= 15 is 0 Å². The quantitative estimate of drug-likeness (QED) is 0.882. The van der Waals surface area contributed by atoms with Crippen LogP contribution in [-0.2, 0) is 4.79 Å². The first-order valence-corrected chi connectivity index (χ1v) is 5.56. The Labute approximate surface area is 105 Å². The fraction of sp³-hybridized carbons (Fsp3) is 0.417. The summed E-state index contributed by atoms with van der Waals surface area (Å²) >= 11 is 5.83. The van der Waals surface area contributed by atoms with E-state index in [0.29, 0.717) is 16.5 Å². The summed E-state index contributed by atoms with van der Waals surface area (Å²) < 4.78 is 10.5. The second kappa shape index (κ2) is 5.77. The van der Waals surface area contributed by atoms with E-state index in [1.54, 1.807) is 32.0 Å². The normalized spacial score (nSPS) is 12.3. The van der Waals surface area contributed by atoms with E-state index in [-0.39, 0.29) is 5.92 Å². The van der Waals surface area contributed by atoms with E-state index in [2.05, 4.69) is 0 Å². The third-order valence-electron chi connectivity index (χ3n) is 2.23. The van der Waals surface area contributed by atoms with Gasteiger partial charge in [-0.25, -0.2) is 4.79 Å². The van der Waals surface area contributed by atoms with Crippen molar-refractivity contribution < 1.29 is 19.4 Å². The number of hydrogen-bond donors (Lipinski definition) is 1. The lowest BCUT2D eigenvalue weighted by atomic mass is 10.1. The maximum atomic E-state index is 11.0. The van der Waals surface area contributed by atoms with E-state index in [1.807, 2.05) is 0 Å². The van der Waals surface area contributed by atoms with Crippen molar-refractivity contribution >= 4 is 17.6 Å². The van der Waals surface area contributed by atoms with Crippen molar-refractivity contribution in [3.05, 3.63) is 23.2 Å². The third kappa shape index (κ3) is 3.53. The van der Waals surface area contributed by atoms with Gasteiger partial charge < -0.3 is 14.6 Å². The average molecular weight is 259 g/mol. The number of benzene rings is 1. The van der Waals surface area contributed by atoms with Gasteiger partial charge in [-0.2, -0.15) is 0 Å². The van der Waals surface area contributed by atoms with E-state index in [0.717, 1.165) is 0 Å². The van der Waals surface area contributed by atoms with Crippen LogP contribution in [0, 0.1) is 5.92 Å². The lowest BCUT2D eigenvalue weighted by molar-refractivity contribution is -0.147. The molecule has 0 radical (unpaired) electrons. The van der Waals surface area contributed by atoms with Crippen LogP contribution in [0.4, 0.5) is 0 Å². The van der Waals surface area contributed by atoms with Gasteiger partial charge in [-0.1, -0.05) is 25.4 Å². The highest BCUT2D eigenvalue weighted by Gasteiger charge is 2.24. The molecule has 0 saturated heterocycles. The molecular weight excluding hydrogens is 244 g/mol. The maximum absolute atomic E-state index is 11.0. The summed E-state index contributed by atoms with van der Waals surface area (Å²) in [7, 11) is 1.49. The number of hydrogen-bond acceptors (Lipinski definition) is 3. The van der Waals surface area contributed by atoms with Crippen LogP contribution < -0.4 is 9.47 Å². The van der Waals surface area contributed by atoms with Gasteiger partial charge in [-0.05, 0) is 12.1 Å². The molecule has 0 aliphatic heterocycles. The van der Waals surface area contributed by atoms with E-state index in [9.17, 15) is 4.79 Å². The molecule has 0 fully saturated rings. The van der Waals surface area contributed by atoms with Crippen LogP contribution in [0.5, 0.6) is 11.5 Å². The fourth-order valence-corrected chi connectivity index (χ4v) is 1.51. The summed E-state index contributed by atoms with van der Waals surface area (Å²) in [6.45, 7) is 3.55. The largest absolute Gasteiger partial charge is 0.493 e. The van der Waals surface area contributed by atoms with Gasteiger partial charge in [0, 0.05) is 17.0 Å². The van der Waals surface area contributed by atoms with E-state index in [1.165, 1.54) is 7.11 Å². The number of halogens is 1. The molecule has 0 amide bonds. The smallest absolute Gasteiger partial charge is 0.345 e. The number of carboxylic acid groups (broad SMARTS) is 1. The minimum Gasteiger partial charge on any atom is -0.493 e. The van der Waals surface area contributed by atoms with E-state index < -0.39 is 12.1 Å². The molecule has 0 spiro atoms. The van der Waals surface area contributed by atoms with Crippen LogP contribution in [0.25, 0.3) is 0 Å². The topological polar surface area (TPSA) is 55.8 Å². The van der Waals surface area contributed by atoms with Crippen molar-refractivity contribution in [3.63, 3.8) is 0 Å². The molecule has 1 N–H and O–H groups in total. The van der Waals surface area contributed by atoms with Gasteiger partial charge in [0.1, 0.15) is 0 Å². The van der Waals surface area contributed by atoms with Crippen LogP contribution in [0.2, 0.25) is 5.02 Å². The first kappa shape index (κ1) is 13.6. The van der Waals surface area contributed by atoms with Gasteiger partial charge in [0.15, 0.2) is 17.6 Å². The Morgan fingerprint density at radius 1 is 1.35 bits per heavy atom. The van der Waals surface area contributed by atoms with E-state index in [4.69, 9.17) is 26.2 Å². The van der Waals surface area contributed by atoms with Gasteiger partial charge >= 0.3 is 5.97 Å². The third-order valence-corrected chi connectivity index (χ3v) is 2.46. The highest BCUT2D eigenvalue weighted by atomic mass is 35.5. The molecule has 1 rings (SSSR count). The standard InChI is InChI=1S/C12H15ClO4/c1-7(2)11(12(14)15)17-10-6-8(13)4-5-9(10)16-3/h4-7,11H,1-3H3,(H,14,15). The van der Waals surface area contributed by atoms with Crippen molar-refractivity contribution in [2.75, 3.05) is 7.11 Å². The molecule has 1 atom stereocenters. The molecular formula is C12H15ClO4. The van der Waals surface area contributed by atoms with Gasteiger partial charge in [-0.3, -0.25) is 0 Å². The molecule has 0 aliphatic rings. The molecule has 0 bridgehead atoms. The van der Waals surface area contributed by atoms with Crippen LogP contribution in [-0.4, -0.2) is 24.3 Å². The molecule has 1 aromatic carbocycles. The number of methoxy groups -OCH3 is 1. The highest BCUT2D eigenvalue weighted by Crippen LogP contribution is 2.31. The fourth-order valence-electron chi connectivity index (χ4n) is 1.35. The van der Waals surface area contributed by atoms with Gasteiger partial charge in [-0.15, -0.1) is 0 Å². The number of ether oxygens (including phenoxy) is 2. The van der Waals surface area contributed by atoms with Crippen LogP contribution in [0.3, 0.4) is 0 Å². The summed E-state index contributed by atoms with van der Waals surface area (Å²) in [6.07, 6.45) is -0.928. The Hall–Kier alpha value is -1.42. The van der Waals surface area contributed by atoms with Crippen molar-refractivity contribution in [1.82, 2.24) is 0 Å². The maximum Gasteiger partial charge on any atom is 0.345 e. The molecule has 0 aliphatic carbocycles. The average Bonchev–Trinajstić information content (AvgIpc) is 2.25. The predicted octanol–water partition coefficient (Wildman–Crippen LogP) is 2.84. The minimum atomic E-state index is -1.01. The number of aliphatic carboxylic acids is 1. The Balaban J connectivity index is 2.99. The van der Waals surface area contributed by atoms with Crippen molar-refractivity contribution in [1.29, 1.82) is 0 Å². The monoisotopic (exact) mass is 258 g/mol. The second-order valence-electron chi connectivity index (χ2n) is 3.92. The highest BCUT2D eigenvalue weighted by molar-refractivity contribution is 6.30. The Morgan fingerprint density at radius 3 is 2.47 bits per heavy atom. The Kier molecular flexibility index (Phi) is 4.63. The SMILES string of the molecule is COc1ccc(Cl)cc1OC(C(=O)O)C(C)C. The van der Waals surface area contributed by atoms with Crippen molar-refractivity contribution in [2.24, 2.45) is 5.92 Å². The molecule has 17 heavy (non-hydrogen) atoms. The van der Waals surface area contributed by atoms with Crippen molar-refractivity contribution in [3.8, 4) is 11.5 Å². The zero-order valence-corrected chi connectivity index (χ0v) is 10.7. The van der Waals surface area contributed by atoms with Gasteiger partial charge in [0.05, 0.1) is 7.11 Å². The molecule has 4 nitrogen and oxygen atoms in total. The zero-order valence-electron chi connectivity index (χ0n) is 9.94. The van der Waals surface area contributed by atoms with Crippen LogP contribution >= 0.6 is 11.6 Å². The number of carboxylic acids is 1. The molecule has 1 unspecified atom stereocenters. The van der Waals surface area contributed by atoms with Gasteiger partial charge in [0.2, 0.25) is 0 Å². The van der Waals surface area contributed by atoms with Gasteiger partial charge in [0.25, 0.3) is 0 Å². The first-order chi connectivity index (χ1) is 7.95. The Morgan fingerprint density at radius 2 is 2.00 bits per heavy atom. The summed E-state index contributed by atoms with van der Waals surface area (Å²) in [4.78, 5) is 11.0. The molecule has 1 aromatic rings. The molecule has 5 heteroatoms. The summed E-state index contributed by atoms with van der Waals surface area (Å²) in [5, 5.41) is 9.51. The number of rotatable bonds is 5. The Bertz CT molecular complexity index is 403.